The summed E-state index contributed by atoms with van der Waals surface area (Å²) in [5, 5.41) is 7.36. The summed E-state index contributed by atoms with van der Waals surface area (Å²) in [7, 11) is 1.64. The van der Waals surface area contributed by atoms with Crippen LogP contribution in [0.25, 0.3) is 5.65 Å². The molecule has 7 heteroatoms. The van der Waals surface area contributed by atoms with Crippen LogP contribution in [0.15, 0.2) is 41.1 Å². The fourth-order valence-electron chi connectivity index (χ4n) is 2.89. The van der Waals surface area contributed by atoms with Gasteiger partial charge in [0.15, 0.2) is 5.65 Å². The third kappa shape index (κ3) is 5.29. The maximum Gasteiger partial charge on any atom is 0.220 e. The molecule has 0 atom stereocenters. The van der Waals surface area contributed by atoms with E-state index in [2.05, 4.69) is 31.3 Å². The number of rotatable bonds is 8. The molecule has 3 aromatic rings. The molecule has 1 amide bonds. The highest BCUT2D eigenvalue weighted by Gasteiger charge is 2.06. The van der Waals surface area contributed by atoms with Crippen molar-refractivity contribution in [1.29, 1.82) is 0 Å². The van der Waals surface area contributed by atoms with Crippen LogP contribution in [0, 0.1) is 6.92 Å². The van der Waals surface area contributed by atoms with E-state index in [1.54, 1.807) is 11.6 Å². The minimum Gasteiger partial charge on any atom is -0.496 e. The Kier molecular flexibility index (Phi) is 6.45. The Morgan fingerprint density at radius 2 is 2.11 bits per heavy atom. The third-order valence-electron chi connectivity index (χ3n) is 4.31. The summed E-state index contributed by atoms with van der Waals surface area (Å²) in [6.45, 7) is 2.61. The minimum atomic E-state index is 0.0678. The fourth-order valence-corrected chi connectivity index (χ4v) is 3.48. The first-order valence-electron chi connectivity index (χ1n) is 8.95. The number of fused-ring (bicyclic) bond motifs is 1. The van der Waals surface area contributed by atoms with Crippen molar-refractivity contribution in [3.05, 3.63) is 58.0 Å². The lowest BCUT2D eigenvalue weighted by atomic mass is 10.1. The van der Waals surface area contributed by atoms with E-state index in [4.69, 9.17) is 4.74 Å². The zero-order valence-electron chi connectivity index (χ0n) is 15.5. The van der Waals surface area contributed by atoms with Crippen LogP contribution in [-0.2, 0) is 17.6 Å². The van der Waals surface area contributed by atoms with Gasteiger partial charge in [-0.25, -0.2) is 9.50 Å². The smallest absolute Gasteiger partial charge is 0.220 e. The molecule has 0 aliphatic carbocycles. The first kappa shape index (κ1) is 19.4. The second kappa shape index (κ2) is 8.99. The normalized spacial score (nSPS) is 10.9. The van der Waals surface area contributed by atoms with Crippen molar-refractivity contribution in [1.82, 2.24) is 19.9 Å². The molecule has 6 nitrogen and oxygen atoms in total. The summed E-state index contributed by atoms with van der Waals surface area (Å²) >= 11 is 3.47. The summed E-state index contributed by atoms with van der Waals surface area (Å²) in [5.41, 5.74) is 4.03. The van der Waals surface area contributed by atoms with Gasteiger partial charge in [0.25, 0.3) is 0 Å². The van der Waals surface area contributed by atoms with Gasteiger partial charge in [0.05, 0.1) is 17.3 Å². The van der Waals surface area contributed by atoms with Crippen molar-refractivity contribution in [2.45, 2.75) is 32.6 Å². The number of aromatic nitrogens is 3. The second-order valence-corrected chi connectivity index (χ2v) is 7.33. The van der Waals surface area contributed by atoms with Gasteiger partial charge in [-0.2, -0.15) is 5.10 Å². The molecule has 0 bridgehead atoms. The molecular weight excluding hydrogens is 408 g/mol. The number of nitrogens with one attached hydrogen (secondary N) is 1. The summed E-state index contributed by atoms with van der Waals surface area (Å²) in [6, 6.07) is 7.83. The predicted octanol–water partition coefficient (Wildman–Crippen LogP) is 3.49. The Morgan fingerprint density at radius 1 is 1.26 bits per heavy atom. The Bertz CT molecular complexity index is 939. The van der Waals surface area contributed by atoms with Crippen LogP contribution in [0.3, 0.4) is 0 Å². The zero-order valence-corrected chi connectivity index (χ0v) is 17.1. The molecule has 1 N–H and O–H groups in total. The quantitative estimate of drug-likeness (QED) is 0.555. The highest BCUT2D eigenvalue weighted by atomic mass is 79.9. The topological polar surface area (TPSA) is 68.5 Å². The number of halogens is 1. The van der Waals surface area contributed by atoms with Crippen molar-refractivity contribution >= 4 is 27.5 Å². The predicted molar refractivity (Wildman–Crippen MR) is 108 cm³/mol. The number of nitrogens with zero attached hydrogens (tertiary/aromatic N) is 3. The molecule has 0 fully saturated rings. The van der Waals surface area contributed by atoms with E-state index in [-0.39, 0.29) is 5.91 Å². The van der Waals surface area contributed by atoms with Crippen molar-refractivity contribution < 1.29 is 9.53 Å². The average molecular weight is 431 g/mol. The molecule has 0 aliphatic rings. The Balaban J connectivity index is 1.39. The monoisotopic (exact) mass is 430 g/mol. The number of ether oxygens (including phenoxy) is 1. The third-order valence-corrected chi connectivity index (χ3v) is 4.93. The summed E-state index contributed by atoms with van der Waals surface area (Å²) in [6.07, 6.45) is 6.77. The Labute approximate surface area is 167 Å². The average Bonchev–Trinajstić information content (AvgIpc) is 3.03. The molecule has 0 spiro atoms. The van der Waals surface area contributed by atoms with Gasteiger partial charge in [0, 0.05) is 31.4 Å². The van der Waals surface area contributed by atoms with Crippen molar-refractivity contribution in [2.75, 3.05) is 13.7 Å². The van der Waals surface area contributed by atoms with Crippen molar-refractivity contribution in [3.8, 4) is 5.75 Å². The number of hydrogen-bond acceptors (Lipinski definition) is 4. The second-order valence-electron chi connectivity index (χ2n) is 6.47. The van der Waals surface area contributed by atoms with Gasteiger partial charge in [-0.05, 0) is 65.4 Å². The fraction of sp³-hybridized carbons (Fsp3) is 0.350. The lowest BCUT2D eigenvalue weighted by molar-refractivity contribution is -0.121. The van der Waals surface area contributed by atoms with Gasteiger partial charge in [-0.3, -0.25) is 4.79 Å². The Morgan fingerprint density at radius 3 is 2.89 bits per heavy atom. The summed E-state index contributed by atoms with van der Waals surface area (Å²) < 4.78 is 7.92. The number of hydrogen-bond donors (Lipinski definition) is 1. The molecule has 0 radical (unpaired) electrons. The van der Waals surface area contributed by atoms with E-state index in [0.29, 0.717) is 19.4 Å². The first-order valence-corrected chi connectivity index (χ1v) is 9.74. The molecular formula is C20H23BrN4O2. The summed E-state index contributed by atoms with van der Waals surface area (Å²) in [5.74, 6) is 0.861. The molecule has 0 saturated heterocycles. The van der Waals surface area contributed by atoms with E-state index in [1.807, 2.05) is 43.6 Å². The van der Waals surface area contributed by atoms with Crippen molar-refractivity contribution in [2.24, 2.45) is 0 Å². The molecule has 2 heterocycles. The first-order chi connectivity index (χ1) is 13.0. The molecule has 0 aliphatic heterocycles. The molecule has 3 rings (SSSR count). The lowest BCUT2D eigenvalue weighted by Gasteiger charge is -2.07. The molecule has 0 unspecified atom stereocenters. The van der Waals surface area contributed by atoms with Gasteiger partial charge in [-0.1, -0.05) is 6.07 Å². The van der Waals surface area contributed by atoms with E-state index < -0.39 is 0 Å². The van der Waals surface area contributed by atoms with E-state index >= 15 is 0 Å². The molecule has 2 aromatic heterocycles. The van der Waals surface area contributed by atoms with Gasteiger partial charge >= 0.3 is 0 Å². The maximum atomic E-state index is 12.0. The maximum absolute atomic E-state index is 12.0. The number of amides is 1. The van der Waals surface area contributed by atoms with Crippen LogP contribution in [0.5, 0.6) is 5.75 Å². The van der Waals surface area contributed by atoms with E-state index in [9.17, 15) is 4.79 Å². The Hall–Kier alpha value is -2.41. The SMILES string of the molecule is COc1ccc(CCC(=O)NCCCc2cnc3cc(C)nn3c2)cc1Br. The highest BCUT2D eigenvalue weighted by Crippen LogP contribution is 2.25. The van der Waals surface area contributed by atoms with Crippen molar-refractivity contribution in [3.63, 3.8) is 0 Å². The number of benzene rings is 1. The zero-order chi connectivity index (χ0) is 19.2. The largest absolute Gasteiger partial charge is 0.496 e. The molecule has 142 valence electrons. The van der Waals surface area contributed by atoms with Gasteiger partial charge < -0.3 is 10.1 Å². The van der Waals surface area contributed by atoms with Crippen LogP contribution >= 0.6 is 15.9 Å². The van der Waals surface area contributed by atoms with Crippen LogP contribution in [0.4, 0.5) is 0 Å². The molecule has 27 heavy (non-hydrogen) atoms. The number of aryl methyl sites for hydroxylation is 3. The van der Waals surface area contributed by atoms with Crippen LogP contribution in [0.2, 0.25) is 0 Å². The van der Waals surface area contributed by atoms with Gasteiger partial charge in [0.2, 0.25) is 5.91 Å². The van der Waals surface area contributed by atoms with E-state index in [0.717, 1.165) is 45.5 Å². The minimum absolute atomic E-state index is 0.0678. The van der Waals surface area contributed by atoms with Gasteiger partial charge in [0.1, 0.15) is 5.75 Å². The van der Waals surface area contributed by atoms with Crippen LogP contribution < -0.4 is 10.1 Å². The number of carbonyl (C=O) groups is 1. The number of methoxy groups -OCH3 is 1. The molecule has 1 aromatic carbocycles. The standard InChI is InChI=1S/C20H23BrN4O2/c1-14-10-19-23-12-16(13-25(19)24-14)4-3-9-22-20(26)8-6-15-5-7-18(27-2)17(21)11-15/h5,7,10-13H,3-4,6,8-9H2,1-2H3,(H,22,26). The molecule has 0 saturated carbocycles. The van der Waals surface area contributed by atoms with Crippen LogP contribution in [0.1, 0.15) is 29.7 Å². The van der Waals surface area contributed by atoms with Gasteiger partial charge in [-0.15, -0.1) is 0 Å². The van der Waals surface area contributed by atoms with Crippen LogP contribution in [-0.4, -0.2) is 34.2 Å². The highest BCUT2D eigenvalue weighted by molar-refractivity contribution is 9.10. The van der Waals surface area contributed by atoms with E-state index in [1.165, 1.54) is 0 Å². The summed E-state index contributed by atoms with van der Waals surface area (Å²) in [4.78, 5) is 16.4. The lowest BCUT2D eigenvalue weighted by Crippen LogP contribution is -2.25. The number of carbonyl (C=O) groups excluding carboxylic acids is 1.